The Bertz CT molecular complexity index is 1900. The van der Waals surface area contributed by atoms with Crippen LogP contribution in [0.15, 0.2) is 60.7 Å². The number of anilines is 1. The van der Waals surface area contributed by atoms with Crippen LogP contribution in [0.2, 0.25) is 5.02 Å². The van der Waals surface area contributed by atoms with Crippen molar-refractivity contribution in [3.05, 3.63) is 105 Å². The largest absolute Gasteiger partial charge is 0.496 e. The van der Waals surface area contributed by atoms with Crippen LogP contribution in [0.4, 0.5) is 5.69 Å². The van der Waals surface area contributed by atoms with Crippen LogP contribution in [0.25, 0.3) is 12.2 Å². The highest BCUT2D eigenvalue weighted by molar-refractivity contribution is 6.31. The fourth-order valence-electron chi connectivity index (χ4n) is 6.72. The summed E-state index contributed by atoms with van der Waals surface area (Å²) in [5.41, 5.74) is 5.55. The van der Waals surface area contributed by atoms with Gasteiger partial charge in [-0.25, -0.2) is 0 Å². The fourth-order valence-corrected chi connectivity index (χ4v) is 6.89. The van der Waals surface area contributed by atoms with E-state index in [4.69, 9.17) is 35.3 Å². The van der Waals surface area contributed by atoms with E-state index in [2.05, 4.69) is 10.6 Å². The maximum atomic E-state index is 12.6. The Hall–Kier alpha value is -4.94. The summed E-state index contributed by atoms with van der Waals surface area (Å²) in [6.45, 7) is 0.524. The van der Waals surface area contributed by atoms with Crippen LogP contribution >= 0.6 is 11.6 Å². The third kappa shape index (κ3) is 11.1. The fraction of sp³-hybridized carbons (Fsp3) is 0.386. The van der Waals surface area contributed by atoms with Crippen LogP contribution in [-0.2, 0) is 19.8 Å². The number of hydrogen-bond acceptors (Lipinski definition) is 10. The molecule has 1 heterocycles. The van der Waals surface area contributed by atoms with E-state index in [1.165, 1.54) is 7.11 Å². The molecular formula is C44H53ClN2O9. The number of ether oxygens (including phenoxy) is 5. The van der Waals surface area contributed by atoms with E-state index in [1.54, 1.807) is 32.4 Å². The predicted octanol–water partition coefficient (Wildman–Crippen LogP) is 8.45. The molecule has 5 rings (SSSR count). The number of aliphatic hydroxyl groups excluding tert-OH is 3. The van der Waals surface area contributed by atoms with Crippen LogP contribution in [0.3, 0.4) is 0 Å². The predicted molar refractivity (Wildman–Crippen MR) is 219 cm³/mol. The van der Waals surface area contributed by atoms with Gasteiger partial charge in [0.25, 0.3) is 5.91 Å². The molecule has 0 spiro atoms. The number of hydrogen-bond donors (Lipinski definition) is 5. The van der Waals surface area contributed by atoms with Crippen LogP contribution in [0.1, 0.15) is 101 Å². The molecule has 0 saturated carbocycles. The van der Waals surface area contributed by atoms with Crippen LogP contribution in [0.5, 0.6) is 28.7 Å². The van der Waals surface area contributed by atoms with Gasteiger partial charge in [0.05, 0.1) is 59.9 Å². The van der Waals surface area contributed by atoms with Gasteiger partial charge >= 0.3 is 0 Å². The zero-order valence-electron chi connectivity index (χ0n) is 32.4. The van der Waals surface area contributed by atoms with Crippen molar-refractivity contribution in [3.63, 3.8) is 0 Å². The molecular weight excluding hydrogens is 736 g/mol. The molecule has 12 heteroatoms. The van der Waals surface area contributed by atoms with E-state index in [0.717, 1.165) is 68.1 Å². The Kier molecular flexibility index (Phi) is 16.1. The second-order valence-electron chi connectivity index (χ2n) is 13.6. The minimum atomic E-state index is -0.430. The number of carbonyl (C=O) groups is 1. The van der Waals surface area contributed by atoms with Crippen molar-refractivity contribution in [1.29, 1.82) is 0 Å². The normalized spacial score (nSPS) is 13.6. The minimum absolute atomic E-state index is 0.167. The second-order valence-corrected chi connectivity index (χ2v) is 14.0. The number of unbranched alkanes of at least 4 members (excludes halogenated alkanes) is 7. The Labute approximate surface area is 334 Å². The third-order valence-corrected chi connectivity index (χ3v) is 9.99. The quantitative estimate of drug-likeness (QED) is 0.0388. The van der Waals surface area contributed by atoms with Gasteiger partial charge in [0.2, 0.25) is 5.75 Å². The summed E-state index contributed by atoms with van der Waals surface area (Å²) < 4.78 is 28.9. The lowest BCUT2D eigenvalue weighted by atomic mass is 10.0. The average molecular weight is 789 g/mol. The number of nitrogens with one attached hydrogen (secondary N) is 2. The molecule has 4 aromatic rings. The van der Waals surface area contributed by atoms with Gasteiger partial charge in [-0.05, 0) is 89.7 Å². The monoisotopic (exact) mass is 788 g/mol. The van der Waals surface area contributed by atoms with E-state index >= 15 is 0 Å². The number of methoxy groups -OCH3 is 3. The molecule has 4 aromatic carbocycles. The molecule has 0 radical (unpaired) electrons. The summed E-state index contributed by atoms with van der Waals surface area (Å²) in [6.07, 6.45) is 11.9. The molecule has 1 atom stereocenters. The molecule has 1 aliphatic rings. The van der Waals surface area contributed by atoms with Crippen LogP contribution in [-0.4, -0.2) is 55.8 Å². The van der Waals surface area contributed by atoms with Crippen molar-refractivity contribution in [2.24, 2.45) is 0 Å². The van der Waals surface area contributed by atoms with Gasteiger partial charge in [-0.3, -0.25) is 4.79 Å². The molecule has 11 nitrogen and oxygen atoms in total. The lowest BCUT2D eigenvalue weighted by molar-refractivity contribution is 0.0935. The molecule has 0 saturated heterocycles. The molecule has 56 heavy (non-hydrogen) atoms. The summed E-state index contributed by atoms with van der Waals surface area (Å²) in [5.74, 6) is 2.68. The van der Waals surface area contributed by atoms with Gasteiger partial charge in [-0.2, -0.15) is 0 Å². The van der Waals surface area contributed by atoms with Crippen molar-refractivity contribution < 1.29 is 43.8 Å². The third-order valence-electron chi connectivity index (χ3n) is 9.76. The maximum absolute atomic E-state index is 12.6. The van der Waals surface area contributed by atoms with Gasteiger partial charge < -0.3 is 49.6 Å². The van der Waals surface area contributed by atoms with Gasteiger partial charge in [-0.1, -0.05) is 68.3 Å². The van der Waals surface area contributed by atoms with Gasteiger partial charge in [-0.15, -0.1) is 0 Å². The maximum Gasteiger partial charge on any atom is 0.255 e. The Balaban J connectivity index is 0.983. The standard InChI is InChI=1S/C44H53ClN2O9/c1-52-39-21-29(20-32(26-48)36(39)28-50)12-13-30-22-40(53-2)42(41(23-30)54-3)56-19-11-9-7-5-4-6-8-10-18-55-38-17-14-31(24-33(38)27-49)43-46-37-16-15-34(45)25-35(37)44(51)47-43/h12-17,20-25,43,46,48-50H,4-11,18-19,26-28H2,1-3H3,(H,47,51). The first-order valence-corrected chi connectivity index (χ1v) is 19.4. The zero-order valence-corrected chi connectivity index (χ0v) is 33.1. The van der Waals surface area contributed by atoms with Gasteiger partial charge in [0.1, 0.15) is 17.7 Å². The topological polar surface area (TPSA) is 148 Å². The molecule has 0 bridgehead atoms. The summed E-state index contributed by atoms with van der Waals surface area (Å²) in [6, 6.07) is 18.2. The summed E-state index contributed by atoms with van der Waals surface area (Å²) in [4.78, 5) is 12.6. The SMILES string of the molecule is COc1cc(C=Cc2cc(OC)c(OCCCCCCCCCCOc3ccc(C4NC(=O)c5cc(Cl)ccc5N4)cc3CO)c(OC)c2)cc(CO)c1CO. The number of aliphatic hydroxyl groups is 3. The lowest BCUT2D eigenvalue weighted by Crippen LogP contribution is -2.38. The van der Waals surface area contributed by atoms with Crippen molar-refractivity contribution in [3.8, 4) is 28.7 Å². The highest BCUT2D eigenvalue weighted by Crippen LogP contribution is 2.39. The first-order valence-electron chi connectivity index (χ1n) is 19.0. The Morgan fingerprint density at radius 3 is 1.82 bits per heavy atom. The molecule has 1 unspecified atom stereocenters. The molecule has 300 valence electrons. The smallest absolute Gasteiger partial charge is 0.255 e. The zero-order chi connectivity index (χ0) is 39.9. The van der Waals surface area contributed by atoms with Crippen molar-refractivity contribution in [1.82, 2.24) is 5.32 Å². The molecule has 0 fully saturated rings. The Morgan fingerprint density at radius 1 is 0.625 bits per heavy atom. The highest BCUT2D eigenvalue weighted by Gasteiger charge is 2.25. The van der Waals surface area contributed by atoms with Crippen LogP contribution < -0.4 is 34.3 Å². The number of carbonyl (C=O) groups excluding carboxylic acids is 1. The van der Waals surface area contributed by atoms with Crippen molar-refractivity contribution in [2.75, 3.05) is 39.9 Å². The summed E-state index contributed by atoms with van der Waals surface area (Å²) in [7, 11) is 4.74. The van der Waals surface area contributed by atoms with Gasteiger partial charge in [0, 0.05) is 21.8 Å². The minimum Gasteiger partial charge on any atom is -0.496 e. The highest BCUT2D eigenvalue weighted by atomic mass is 35.5. The van der Waals surface area contributed by atoms with Crippen molar-refractivity contribution in [2.45, 2.75) is 77.4 Å². The number of rotatable bonds is 22. The lowest BCUT2D eigenvalue weighted by Gasteiger charge is -2.28. The first-order chi connectivity index (χ1) is 27.3. The van der Waals surface area contributed by atoms with E-state index in [1.807, 2.05) is 54.6 Å². The first kappa shape index (κ1) is 42.2. The van der Waals surface area contributed by atoms with E-state index < -0.39 is 6.17 Å². The van der Waals surface area contributed by atoms with E-state index in [0.29, 0.717) is 74.9 Å². The van der Waals surface area contributed by atoms with Gasteiger partial charge in [0.15, 0.2) is 11.5 Å². The molecule has 0 aromatic heterocycles. The van der Waals surface area contributed by atoms with Crippen LogP contribution in [0, 0.1) is 0 Å². The molecule has 5 N–H and O–H groups in total. The van der Waals surface area contributed by atoms with E-state index in [9.17, 15) is 20.1 Å². The number of amides is 1. The number of halogens is 1. The second kappa shape index (κ2) is 21.4. The van der Waals surface area contributed by atoms with Crippen molar-refractivity contribution >= 4 is 35.3 Å². The average Bonchev–Trinajstić information content (AvgIpc) is 3.22. The Morgan fingerprint density at radius 2 is 1.21 bits per heavy atom. The molecule has 1 aliphatic heterocycles. The molecule has 0 aliphatic carbocycles. The number of benzene rings is 4. The summed E-state index contributed by atoms with van der Waals surface area (Å²) >= 11 is 6.05. The summed E-state index contributed by atoms with van der Waals surface area (Å²) in [5, 5.41) is 36.2. The molecule has 1 amide bonds. The van der Waals surface area contributed by atoms with E-state index in [-0.39, 0.29) is 25.7 Å². The number of fused-ring (bicyclic) bond motifs is 1.